The number of fused-ring (bicyclic) bond motifs is 1. The predicted molar refractivity (Wildman–Crippen MR) is 104 cm³/mol. The van der Waals surface area contributed by atoms with Crippen LogP contribution in [0.3, 0.4) is 0 Å². The number of rotatable bonds is 3. The molecule has 28 heavy (non-hydrogen) atoms. The third kappa shape index (κ3) is 3.21. The number of aliphatic hydroxyl groups excluding tert-OH is 1. The summed E-state index contributed by atoms with van der Waals surface area (Å²) in [5.74, 6) is 1.89. The lowest BCUT2D eigenvalue weighted by Gasteiger charge is -2.44. The Labute approximate surface area is 165 Å². The smallest absolute Gasteiger partial charge is 0.289 e. The molecule has 152 valence electrons. The van der Waals surface area contributed by atoms with Gasteiger partial charge in [-0.25, -0.2) is 0 Å². The average Bonchev–Trinajstić information content (AvgIpc) is 3.25. The Morgan fingerprint density at radius 3 is 2.71 bits per heavy atom. The molecule has 2 aliphatic heterocycles. The third-order valence-corrected chi connectivity index (χ3v) is 5.94. The highest BCUT2D eigenvalue weighted by atomic mass is 16.5. The second-order valence-electron chi connectivity index (χ2n) is 8.33. The molecule has 1 unspecified atom stereocenters. The average molecular weight is 387 g/mol. The summed E-state index contributed by atoms with van der Waals surface area (Å²) < 4.78 is 13.9. The maximum Gasteiger partial charge on any atom is 0.289 e. The molecular weight excluding hydrogens is 358 g/mol. The van der Waals surface area contributed by atoms with Crippen LogP contribution in [-0.2, 0) is 6.42 Å². The summed E-state index contributed by atoms with van der Waals surface area (Å²) >= 11 is 0. The summed E-state index contributed by atoms with van der Waals surface area (Å²) in [7, 11) is 0. The highest BCUT2D eigenvalue weighted by molar-refractivity contribution is 5.93. The van der Waals surface area contributed by atoms with Crippen LogP contribution in [0, 0.1) is 6.92 Å². The van der Waals surface area contributed by atoms with E-state index in [4.69, 9.17) is 9.15 Å². The Morgan fingerprint density at radius 1 is 1.39 bits per heavy atom. The van der Waals surface area contributed by atoms with E-state index < -0.39 is 11.7 Å². The molecule has 0 aliphatic carbocycles. The van der Waals surface area contributed by atoms with Gasteiger partial charge in [-0.2, -0.15) is 5.10 Å². The van der Waals surface area contributed by atoms with Crippen molar-refractivity contribution in [1.29, 1.82) is 0 Å². The third-order valence-electron chi connectivity index (χ3n) is 5.94. The van der Waals surface area contributed by atoms with E-state index in [-0.39, 0.29) is 11.9 Å². The fourth-order valence-corrected chi connectivity index (χ4v) is 4.19. The molecule has 1 atom stereocenters. The van der Waals surface area contributed by atoms with Crippen molar-refractivity contribution in [1.82, 2.24) is 14.7 Å². The minimum absolute atomic E-state index is 0.0586. The van der Waals surface area contributed by atoms with Gasteiger partial charge in [-0.1, -0.05) is 6.92 Å². The number of carbonyl (C=O) groups excluding carboxylic acids is 1. The lowest BCUT2D eigenvalue weighted by molar-refractivity contribution is -0.0507. The van der Waals surface area contributed by atoms with Crippen molar-refractivity contribution in [3.8, 4) is 5.75 Å². The second kappa shape index (κ2) is 6.95. The number of likely N-dealkylation sites (tertiary alicyclic amines) is 1. The van der Waals surface area contributed by atoms with Crippen LogP contribution >= 0.6 is 0 Å². The summed E-state index contributed by atoms with van der Waals surface area (Å²) in [4.78, 5) is 14.7. The topological polar surface area (TPSA) is 80.7 Å². The van der Waals surface area contributed by atoms with Gasteiger partial charge in [0.25, 0.3) is 5.91 Å². The number of carbonyl (C=O) groups is 1. The van der Waals surface area contributed by atoms with Crippen LogP contribution < -0.4 is 4.74 Å². The molecule has 4 heterocycles. The van der Waals surface area contributed by atoms with Gasteiger partial charge >= 0.3 is 0 Å². The minimum Gasteiger partial charge on any atom is -0.483 e. The lowest BCUT2D eigenvalue weighted by atomic mass is 9.83. The number of amides is 1. The molecular formula is C21H29N3O4. The van der Waals surface area contributed by atoms with Crippen LogP contribution in [0.2, 0.25) is 0 Å². The Kier molecular flexibility index (Phi) is 4.73. The molecule has 0 saturated carbocycles. The maximum absolute atomic E-state index is 12.9. The maximum atomic E-state index is 12.9. The normalized spacial score (nSPS) is 21.1. The lowest BCUT2D eigenvalue weighted by Crippen LogP contribution is -2.51. The van der Waals surface area contributed by atoms with Gasteiger partial charge in [0.2, 0.25) is 0 Å². The van der Waals surface area contributed by atoms with E-state index >= 15 is 0 Å². The largest absolute Gasteiger partial charge is 0.483 e. The molecule has 7 nitrogen and oxygen atoms in total. The highest BCUT2D eigenvalue weighted by Gasteiger charge is 2.45. The number of furan rings is 1. The number of hydrogen-bond donors (Lipinski definition) is 1. The molecule has 2 aliphatic rings. The van der Waals surface area contributed by atoms with Crippen molar-refractivity contribution >= 4 is 5.91 Å². The van der Waals surface area contributed by atoms with Crippen LogP contribution in [0.5, 0.6) is 5.75 Å². The van der Waals surface area contributed by atoms with E-state index in [1.165, 1.54) is 0 Å². The number of ether oxygens (including phenoxy) is 1. The number of hydrogen-bond acceptors (Lipinski definition) is 5. The quantitative estimate of drug-likeness (QED) is 0.873. The van der Waals surface area contributed by atoms with E-state index in [0.717, 1.165) is 17.7 Å². The second-order valence-corrected chi connectivity index (χ2v) is 8.33. The fourth-order valence-electron chi connectivity index (χ4n) is 4.19. The molecule has 4 rings (SSSR count). The Morgan fingerprint density at radius 2 is 2.11 bits per heavy atom. The Balaban J connectivity index is 1.47. The molecule has 7 heteroatoms. The molecule has 2 aromatic heterocycles. The van der Waals surface area contributed by atoms with Crippen LogP contribution in [0.4, 0.5) is 0 Å². The fraction of sp³-hybridized carbons (Fsp3) is 0.619. The van der Waals surface area contributed by atoms with Gasteiger partial charge in [-0.05, 0) is 26.8 Å². The molecule has 2 aromatic rings. The van der Waals surface area contributed by atoms with Gasteiger partial charge in [0, 0.05) is 50.4 Å². The molecule has 1 amide bonds. The van der Waals surface area contributed by atoms with Gasteiger partial charge in [0.05, 0.1) is 6.20 Å². The molecule has 1 fully saturated rings. The summed E-state index contributed by atoms with van der Waals surface area (Å²) in [5, 5.41) is 15.1. The van der Waals surface area contributed by atoms with E-state index in [1.807, 2.05) is 49.5 Å². The SMILES string of the molecule is CCc1cc(C)c(C(=O)N2CCC3(CC2)CC(O)c2nn(C(C)C)cc2O3)o1. The van der Waals surface area contributed by atoms with Crippen molar-refractivity contribution in [2.45, 2.75) is 71.1 Å². The van der Waals surface area contributed by atoms with Crippen LogP contribution in [-0.4, -0.2) is 44.4 Å². The highest BCUT2D eigenvalue weighted by Crippen LogP contribution is 2.44. The first kappa shape index (κ1) is 19.1. The minimum atomic E-state index is -0.634. The number of aryl methyl sites for hydroxylation is 2. The zero-order chi connectivity index (χ0) is 20.1. The summed E-state index contributed by atoms with van der Waals surface area (Å²) in [5.41, 5.74) is 1.06. The van der Waals surface area contributed by atoms with Crippen molar-refractivity contribution in [3.05, 3.63) is 35.0 Å². The van der Waals surface area contributed by atoms with Crippen molar-refractivity contribution in [3.63, 3.8) is 0 Å². The van der Waals surface area contributed by atoms with Crippen LogP contribution in [0.15, 0.2) is 16.7 Å². The van der Waals surface area contributed by atoms with E-state index in [9.17, 15) is 9.90 Å². The summed E-state index contributed by atoms with van der Waals surface area (Å²) in [6.07, 6.45) is 3.89. The molecule has 1 N–H and O–H groups in total. The molecule has 1 saturated heterocycles. The van der Waals surface area contributed by atoms with Crippen molar-refractivity contribution in [2.75, 3.05) is 13.1 Å². The number of aliphatic hydroxyl groups is 1. The van der Waals surface area contributed by atoms with Gasteiger partial charge in [0.15, 0.2) is 11.5 Å². The zero-order valence-electron chi connectivity index (χ0n) is 17.1. The van der Waals surface area contributed by atoms with Crippen LogP contribution in [0.25, 0.3) is 0 Å². The first-order valence-corrected chi connectivity index (χ1v) is 10.2. The van der Waals surface area contributed by atoms with Gasteiger partial charge < -0.3 is 19.2 Å². The number of aromatic nitrogens is 2. The van der Waals surface area contributed by atoms with Gasteiger partial charge in [0.1, 0.15) is 23.2 Å². The zero-order valence-corrected chi connectivity index (χ0v) is 17.1. The molecule has 0 aromatic carbocycles. The monoisotopic (exact) mass is 387 g/mol. The predicted octanol–water partition coefficient (Wildman–Crippen LogP) is 3.42. The Bertz CT molecular complexity index is 874. The summed E-state index contributed by atoms with van der Waals surface area (Å²) in [6, 6.07) is 2.15. The van der Waals surface area contributed by atoms with Gasteiger partial charge in [-0.3, -0.25) is 9.48 Å². The van der Waals surface area contributed by atoms with Crippen LogP contribution in [0.1, 0.15) is 79.8 Å². The number of piperidine rings is 1. The van der Waals surface area contributed by atoms with Gasteiger partial charge in [-0.15, -0.1) is 0 Å². The molecule has 1 spiro atoms. The van der Waals surface area contributed by atoms with Crippen molar-refractivity contribution in [2.24, 2.45) is 0 Å². The number of nitrogens with zero attached hydrogens (tertiary/aromatic N) is 3. The first-order valence-electron chi connectivity index (χ1n) is 10.2. The van der Waals surface area contributed by atoms with Crippen molar-refractivity contribution < 1.29 is 19.1 Å². The molecule has 0 radical (unpaired) electrons. The molecule has 0 bridgehead atoms. The summed E-state index contributed by atoms with van der Waals surface area (Å²) in [6.45, 7) is 9.19. The van der Waals surface area contributed by atoms with E-state index in [2.05, 4.69) is 5.10 Å². The first-order chi connectivity index (χ1) is 13.3. The standard InChI is InChI=1S/C21H29N3O4/c1-5-15-10-14(4)19(27-15)20(26)23-8-6-21(7-9-23)11-16(25)18-17(28-21)12-24(22-18)13(2)3/h10,12-13,16,25H,5-9,11H2,1-4H3. The van der Waals surface area contributed by atoms with E-state index in [0.29, 0.717) is 49.6 Å². The Hall–Kier alpha value is -2.28. The van der Waals surface area contributed by atoms with E-state index in [1.54, 1.807) is 0 Å².